The Bertz CT molecular complexity index is 994. The Kier molecular flexibility index (Phi) is 4.62. The van der Waals surface area contributed by atoms with Crippen molar-refractivity contribution in [2.45, 2.75) is 0 Å². The number of nitrogens with zero attached hydrogens (tertiary/aromatic N) is 1. The third-order valence-corrected chi connectivity index (χ3v) is 4.91. The van der Waals surface area contributed by atoms with Crippen LogP contribution in [0, 0.1) is 0 Å². The van der Waals surface area contributed by atoms with Gasteiger partial charge in [-0.25, -0.2) is 4.98 Å². The van der Waals surface area contributed by atoms with Crippen LogP contribution < -0.4 is 10.1 Å². The number of hydrogen-bond donors (Lipinski definition) is 1. The van der Waals surface area contributed by atoms with E-state index in [2.05, 4.69) is 16.4 Å². The van der Waals surface area contributed by atoms with Gasteiger partial charge in [0.15, 0.2) is 6.61 Å². The van der Waals surface area contributed by atoms with Gasteiger partial charge in [0.25, 0.3) is 5.91 Å². The predicted molar refractivity (Wildman–Crippen MR) is 106 cm³/mol. The molecule has 1 amide bonds. The highest BCUT2D eigenvalue weighted by atomic mass is 32.1. The highest BCUT2D eigenvalue weighted by molar-refractivity contribution is 7.21. The second-order valence-electron chi connectivity index (χ2n) is 5.71. The van der Waals surface area contributed by atoms with Crippen molar-refractivity contribution in [2.75, 3.05) is 11.9 Å². The number of nitrogens with one attached hydrogen (secondary N) is 1. The van der Waals surface area contributed by atoms with Crippen molar-refractivity contribution in [1.29, 1.82) is 0 Å². The van der Waals surface area contributed by atoms with Crippen molar-refractivity contribution in [2.24, 2.45) is 0 Å². The third-order valence-electron chi connectivity index (χ3n) is 3.82. The van der Waals surface area contributed by atoms with Crippen molar-refractivity contribution < 1.29 is 9.53 Å². The fraction of sp³-hybridized carbons (Fsp3) is 0.0476. The topological polar surface area (TPSA) is 51.2 Å². The molecular weight excluding hydrogens is 344 g/mol. The highest BCUT2D eigenvalue weighted by Crippen LogP contribution is 2.30. The zero-order valence-electron chi connectivity index (χ0n) is 13.9. The fourth-order valence-corrected chi connectivity index (χ4v) is 3.53. The number of anilines is 1. The number of thiazole rings is 1. The number of fused-ring (bicyclic) bond motifs is 1. The first-order chi connectivity index (χ1) is 12.8. The highest BCUT2D eigenvalue weighted by Gasteiger charge is 2.07. The molecule has 128 valence electrons. The van der Waals surface area contributed by atoms with Gasteiger partial charge in [-0.15, -0.1) is 11.3 Å². The molecule has 4 rings (SSSR count). The molecular formula is C21H16N2O2S. The molecule has 0 atom stereocenters. The number of carbonyl (C=O) groups is 1. The molecule has 5 heteroatoms. The Morgan fingerprint density at radius 1 is 0.923 bits per heavy atom. The Morgan fingerprint density at radius 3 is 2.42 bits per heavy atom. The van der Waals surface area contributed by atoms with Crippen LogP contribution in [0.2, 0.25) is 0 Å². The first-order valence-corrected chi connectivity index (χ1v) is 9.03. The van der Waals surface area contributed by atoms with Crippen LogP contribution in [0.15, 0.2) is 78.9 Å². The van der Waals surface area contributed by atoms with Gasteiger partial charge >= 0.3 is 0 Å². The van der Waals surface area contributed by atoms with E-state index >= 15 is 0 Å². The minimum absolute atomic E-state index is 0.0242. The molecule has 0 saturated heterocycles. The van der Waals surface area contributed by atoms with Crippen LogP contribution in [-0.2, 0) is 4.79 Å². The molecule has 0 unspecified atom stereocenters. The van der Waals surface area contributed by atoms with E-state index in [9.17, 15) is 4.79 Å². The molecule has 0 aliphatic carbocycles. The molecule has 4 nitrogen and oxygen atoms in total. The molecule has 26 heavy (non-hydrogen) atoms. The molecule has 0 saturated carbocycles. The lowest BCUT2D eigenvalue weighted by molar-refractivity contribution is -0.118. The number of aromatic nitrogens is 1. The van der Waals surface area contributed by atoms with Crippen LogP contribution in [0.1, 0.15) is 0 Å². The van der Waals surface area contributed by atoms with Gasteiger partial charge in [-0.3, -0.25) is 4.79 Å². The van der Waals surface area contributed by atoms with Crippen molar-refractivity contribution in [1.82, 2.24) is 4.98 Å². The van der Waals surface area contributed by atoms with E-state index in [-0.39, 0.29) is 12.5 Å². The number of para-hydroxylation sites is 2. The Balaban J connectivity index is 1.40. The number of rotatable bonds is 5. The summed E-state index contributed by atoms with van der Waals surface area (Å²) in [7, 11) is 0. The minimum Gasteiger partial charge on any atom is -0.484 e. The lowest BCUT2D eigenvalue weighted by Gasteiger charge is -2.07. The average molecular weight is 360 g/mol. The molecule has 0 aliphatic heterocycles. The summed E-state index contributed by atoms with van der Waals surface area (Å²) in [4.78, 5) is 16.7. The summed E-state index contributed by atoms with van der Waals surface area (Å²) in [6.45, 7) is -0.0242. The molecule has 0 bridgehead atoms. The molecule has 0 radical (unpaired) electrons. The number of amides is 1. The summed E-state index contributed by atoms with van der Waals surface area (Å²) in [5.74, 6) is 0.482. The van der Waals surface area contributed by atoms with Gasteiger partial charge in [0, 0.05) is 11.3 Å². The van der Waals surface area contributed by atoms with Crippen LogP contribution in [0.5, 0.6) is 5.75 Å². The maximum Gasteiger partial charge on any atom is 0.262 e. The van der Waals surface area contributed by atoms with Crippen molar-refractivity contribution in [3.8, 4) is 16.3 Å². The molecule has 0 spiro atoms. The Hall–Kier alpha value is -3.18. The quantitative estimate of drug-likeness (QED) is 0.546. The normalized spacial score (nSPS) is 10.6. The summed E-state index contributed by atoms with van der Waals surface area (Å²) < 4.78 is 6.61. The predicted octanol–water partition coefficient (Wildman–Crippen LogP) is 4.98. The van der Waals surface area contributed by atoms with Crippen molar-refractivity contribution >= 4 is 33.1 Å². The zero-order valence-corrected chi connectivity index (χ0v) is 14.7. The second kappa shape index (κ2) is 7.37. The Labute approximate surface area is 155 Å². The lowest BCUT2D eigenvalue weighted by Crippen LogP contribution is -2.20. The summed E-state index contributed by atoms with van der Waals surface area (Å²) in [5, 5.41) is 3.81. The van der Waals surface area contributed by atoms with Gasteiger partial charge in [-0.2, -0.15) is 0 Å². The summed E-state index contributed by atoms with van der Waals surface area (Å²) in [5.41, 5.74) is 2.77. The Morgan fingerprint density at radius 2 is 1.65 bits per heavy atom. The molecule has 1 heterocycles. The number of carbonyl (C=O) groups excluding carboxylic acids is 1. The second-order valence-corrected chi connectivity index (χ2v) is 6.74. The molecule has 0 fully saturated rings. The standard InChI is InChI=1S/C21H16N2O2S/c24-20(14-25-17-6-2-1-3-7-17)22-16-12-10-15(11-13-16)21-23-18-8-4-5-9-19(18)26-21/h1-13H,14H2,(H,22,24). The van der Waals surface area contributed by atoms with Gasteiger partial charge in [-0.1, -0.05) is 30.3 Å². The maximum absolute atomic E-state index is 12.0. The number of hydrogen-bond acceptors (Lipinski definition) is 4. The van der Waals surface area contributed by atoms with Crippen molar-refractivity contribution in [3.05, 3.63) is 78.9 Å². The van der Waals surface area contributed by atoms with E-state index in [0.29, 0.717) is 5.75 Å². The molecule has 1 N–H and O–H groups in total. The summed E-state index contributed by atoms with van der Waals surface area (Å²) >= 11 is 1.66. The molecule has 4 aromatic rings. The summed E-state index contributed by atoms with van der Waals surface area (Å²) in [6.07, 6.45) is 0. The van der Waals surface area contributed by atoms with E-state index < -0.39 is 0 Å². The molecule has 3 aromatic carbocycles. The van der Waals surface area contributed by atoms with Gasteiger partial charge in [-0.05, 0) is 48.5 Å². The van der Waals surface area contributed by atoms with Crippen molar-refractivity contribution in [3.63, 3.8) is 0 Å². The minimum atomic E-state index is -0.193. The first kappa shape index (κ1) is 16.3. The number of ether oxygens (including phenoxy) is 1. The smallest absolute Gasteiger partial charge is 0.262 e. The van der Waals surface area contributed by atoms with E-state index in [4.69, 9.17) is 4.74 Å². The SMILES string of the molecule is O=C(COc1ccccc1)Nc1ccc(-c2nc3ccccc3s2)cc1. The van der Waals surface area contributed by atoms with E-state index in [1.165, 1.54) is 0 Å². The van der Waals surface area contributed by atoms with Gasteiger partial charge in [0.2, 0.25) is 0 Å². The lowest BCUT2D eigenvalue weighted by atomic mass is 10.2. The third kappa shape index (κ3) is 3.73. The van der Waals surface area contributed by atoms with E-state index in [1.807, 2.05) is 72.8 Å². The monoisotopic (exact) mass is 360 g/mol. The molecule has 1 aromatic heterocycles. The first-order valence-electron chi connectivity index (χ1n) is 8.22. The number of benzene rings is 3. The van der Waals surface area contributed by atoms with Gasteiger partial charge in [0.05, 0.1) is 10.2 Å². The van der Waals surface area contributed by atoms with Crippen LogP contribution >= 0.6 is 11.3 Å². The fourth-order valence-electron chi connectivity index (χ4n) is 2.55. The maximum atomic E-state index is 12.0. The van der Waals surface area contributed by atoms with Crippen LogP contribution in [0.25, 0.3) is 20.8 Å². The average Bonchev–Trinajstić information content (AvgIpc) is 3.12. The van der Waals surface area contributed by atoms with E-state index in [0.717, 1.165) is 26.5 Å². The molecule has 0 aliphatic rings. The zero-order chi connectivity index (χ0) is 17.8. The van der Waals surface area contributed by atoms with Gasteiger partial charge < -0.3 is 10.1 Å². The van der Waals surface area contributed by atoms with Crippen LogP contribution in [0.4, 0.5) is 5.69 Å². The van der Waals surface area contributed by atoms with Crippen LogP contribution in [-0.4, -0.2) is 17.5 Å². The van der Waals surface area contributed by atoms with E-state index in [1.54, 1.807) is 11.3 Å². The largest absolute Gasteiger partial charge is 0.484 e. The van der Waals surface area contributed by atoms with Crippen LogP contribution in [0.3, 0.4) is 0 Å². The van der Waals surface area contributed by atoms with Gasteiger partial charge in [0.1, 0.15) is 10.8 Å². The summed E-state index contributed by atoms with van der Waals surface area (Å²) in [6, 6.07) is 25.0.